The van der Waals surface area contributed by atoms with Crippen LogP contribution in [0.5, 0.6) is 5.75 Å². The van der Waals surface area contributed by atoms with Gasteiger partial charge in [-0.15, -0.1) is 0 Å². The van der Waals surface area contributed by atoms with Gasteiger partial charge in [0.05, 0.1) is 6.10 Å². The molecule has 0 spiro atoms. The minimum atomic E-state index is -0.583. The fourth-order valence-corrected chi connectivity index (χ4v) is 2.03. The number of hydrogen-bond donors (Lipinski definition) is 2. The molecule has 5 nitrogen and oxygen atoms in total. The van der Waals surface area contributed by atoms with Crippen molar-refractivity contribution in [3.8, 4) is 5.75 Å². The Balaban J connectivity index is 1.66. The quantitative estimate of drug-likeness (QED) is 0.814. The number of aryl methyl sites for hydroxylation is 1. The Bertz CT molecular complexity index is 566. The molecule has 2 rings (SSSR count). The summed E-state index contributed by atoms with van der Waals surface area (Å²) < 4.78 is 7.20. The highest BCUT2D eigenvalue weighted by molar-refractivity contribution is 5.77. The van der Waals surface area contributed by atoms with Gasteiger partial charge in [-0.3, -0.25) is 4.79 Å². The number of para-hydroxylation sites is 1. The molecular formula is C16H20N2O3. The first-order valence-electron chi connectivity index (χ1n) is 6.90. The molecular weight excluding hydrogens is 268 g/mol. The highest BCUT2D eigenvalue weighted by atomic mass is 16.5. The first-order valence-corrected chi connectivity index (χ1v) is 6.90. The molecule has 1 heterocycles. The summed E-state index contributed by atoms with van der Waals surface area (Å²) in [4.78, 5) is 11.6. The number of rotatable bonds is 7. The van der Waals surface area contributed by atoms with Gasteiger partial charge in [0.1, 0.15) is 5.75 Å². The molecule has 5 heteroatoms. The molecule has 0 fully saturated rings. The third-order valence-corrected chi connectivity index (χ3v) is 3.18. The summed E-state index contributed by atoms with van der Waals surface area (Å²) in [6.07, 6.45) is 1.76. The monoisotopic (exact) mass is 288 g/mol. The second-order valence-electron chi connectivity index (χ2n) is 4.80. The number of aliphatic hydroxyl groups excluding tert-OH is 1. The van der Waals surface area contributed by atoms with Gasteiger partial charge >= 0.3 is 0 Å². The average Bonchev–Trinajstić information content (AvgIpc) is 2.92. The molecule has 112 valence electrons. The summed E-state index contributed by atoms with van der Waals surface area (Å²) in [5, 5.41) is 12.7. The van der Waals surface area contributed by atoms with Crippen LogP contribution in [-0.4, -0.2) is 28.7 Å². The number of carbonyl (C=O) groups is 1. The maximum Gasteiger partial charge on any atom is 0.257 e. The van der Waals surface area contributed by atoms with Crippen molar-refractivity contribution in [2.75, 3.05) is 13.2 Å². The minimum Gasteiger partial charge on any atom is -0.484 e. The van der Waals surface area contributed by atoms with E-state index in [1.807, 2.05) is 48.1 Å². The van der Waals surface area contributed by atoms with Crippen LogP contribution in [0.25, 0.3) is 0 Å². The maximum absolute atomic E-state index is 11.6. The number of benzene rings is 1. The van der Waals surface area contributed by atoms with E-state index in [-0.39, 0.29) is 12.5 Å². The third-order valence-electron chi connectivity index (χ3n) is 3.18. The number of aliphatic hydroxyl groups is 1. The first-order chi connectivity index (χ1) is 10.2. The van der Waals surface area contributed by atoms with Crippen molar-refractivity contribution in [2.24, 2.45) is 7.05 Å². The Labute approximate surface area is 124 Å². The van der Waals surface area contributed by atoms with Gasteiger partial charge in [0, 0.05) is 25.5 Å². The molecule has 0 unspecified atom stereocenters. The molecule has 2 aromatic rings. The number of hydrogen-bond acceptors (Lipinski definition) is 3. The number of nitrogens with one attached hydrogen (secondary N) is 1. The van der Waals surface area contributed by atoms with Gasteiger partial charge in [0.2, 0.25) is 0 Å². The van der Waals surface area contributed by atoms with Crippen LogP contribution in [0.2, 0.25) is 0 Å². The van der Waals surface area contributed by atoms with E-state index in [1.54, 1.807) is 12.1 Å². The summed E-state index contributed by atoms with van der Waals surface area (Å²) in [5.41, 5.74) is 0.838. The molecule has 0 radical (unpaired) electrons. The second kappa shape index (κ2) is 7.50. The molecule has 1 aromatic heterocycles. The molecule has 1 atom stereocenters. The lowest BCUT2D eigenvalue weighted by Crippen LogP contribution is -2.30. The molecule has 0 aliphatic rings. The summed E-state index contributed by atoms with van der Waals surface area (Å²) in [7, 11) is 1.88. The van der Waals surface area contributed by atoms with Crippen molar-refractivity contribution >= 4 is 5.91 Å². The zero-order chi connectivity index (χ0) is 15.1. The normalized spacial score (nSPS) is 11.9. The maximum atomic E-state index is 11.6. The lowest BCUT2D eigenvalue weighted by atomic mass is 10.2. The Kier molecular flexibility index (Phi) is 5.40. The molecule has 0 saturated carbocycles. The molecule has 2 N–H and O–H groups in total. The fraction of sp³-hybridized carbons (Fsp3) is 0.312. The van der Waals surface area contributed by atoms with E-state index in [4.69, 9.17) is 4.74 Å². The topological polar surface area (TPSA) is 63.5 Å². The van der Waals surface area contributed by atoms with Gasteiger partial charge in [-0.25, -0.2) is 0 Å². The van der Waals surface area contributed by atoms with Crippen molar-refractivity contribution < 1.29 is 14.6 Å². The number of carbonyl (C=O) groups excluding carboxylic acids is 1. The summed E-state index contributed by atoms with van der Waals surface area (Å²) in [6.45, 7) is 0.383. The number of aromatic nitrogens is 1. The summed E-state index contributed by atoms with van der Waals surface area (Å²) in [6, 6.07) is 12.9. The average molecular weight is 288 g/mol. The predicted molar refractivity (Wildman–Crippen MR) is 79.9 cm³/mol. The smallest absolute Gasteiger partial charge is 0.257 e. The van der Waals surface area contributed by atoms with Gasteiger partial charge in [-0.2, -0.15) is 0 Å². The number of amides is 1. The van der Waals surface area contributed by atoms with Crippen LogP contribution < -0.4 is 10.1 Å². The molecule has 0 aliphatic carbocycles. The molecule has 1 aromatic carbocycles. The highest BCUT2D eigenvalue weighted by Gasteiger charge is 2.11. The number of nitrogens with zero attached hydrogens (tertiary/aromatic N) is 1. The van der Waals surface area contributed by atoms with Crippen LogP contribution in [0.15, 0.2) is 48.7 Å². The van der Waals surface area contributed by atoms with Gasteiger partial charge < -0.3 is 19.7 Å². The highest BCUT2D eigenvalue weighted by Crippen LogP contribution is 2.15. The molecule has 0 aliphatic heterocycles. The second-order valence-corrected chi connectivity index (χ2v) is 4.80. The Morgan fingerprint density at radius 2 is 2.05 bits per heavy atom. The zero-order valence-electron chi connectivity index (χ0n) is 12.0. The lowest BCUT2D eigenvalue weighted by Gasteiger charge is -2.12. The summed E-state index contributed by atoms with van der Waals surface area (Å²) in [5.74, 6) is 0.467. The van der Waals surface area contributed by atoms with Crippen molar-refractivity contribution in [1.29, 1.82) is 0 Å². The van der Waals surface area contributed by atoms with Crippen LogP contribution in [0.1, 0.15) is 18.2 Å². The predicted octanol–water partition coefficient (Wildman–Crippen LogP) is 1.64. The van der Waals surface area contributed by atoms with E-state index in [0.29, 0.717) is 18.7 Å². The van der Waals surface area contributed by atoms with Crippen LogP contribution in [0.4, 0.5) is 0 Å². The Hall–Kier alpha value is -2.27. The van der Waals surface area contributed by atoms with Crippen LogP contribution in [-0.2, 0) is 11.8 Å². The molecule has 21 heavy (non-hydrogen) atoms. The number of ether oxygens (including phenoxy) is 1. The van der Waals surface area contributed by atoms with Crippen molar-refractivity contribution in [2.45, 2.75) is 12.5 Å². The van der Waals surface area contributed by atoms with E-state index < -0.39 is 6.10 Å². The van der Waals surface area contributed by atoms with E-state index in [0.717, 1.165) is 5.69 Å². The van der Waals surface area contributed by atoms with E-state index >= 15 is 0 Å². The van der Waals surface area contributed by atoms with Crippen LogP contribution in [0, 0.1) is 0 Å². The van der Waals surface area contributed by atoms with Crippen LogP contribution >= 0.6 is 0 Å². The van der Waals surface area contributed by atoms with Crippen molar-refractivity contribution in [3.63, 3.8) is 0 Å². The van der Waals surface area contributed by atoms with E-state index in [2.05, 4.69) is 5.32 Å². The molecule has 1 amide bonds. The van der Waals surface area contributed by atoms with Crippen LogP contribution in [0.3, 0.4) is 0 Å². The van der Waals surface area contributed by atoms with E-state index in [9.17, 15) is 9.90 Å². The van der Waals surface area contributed by atoms with Gasteiger partial charge in [-0.05, 0) is 30.7 Å². The van der Waals surface area contributed by atoms with Crippen molar-refractivity contribution in [3.05, 3.63) is 54.4 Å². The Morgan fingerprint density at radius 3 is 2.71 bits per heavy atom. The van der Waals surface area contributed by atoms with Gasteiger partial charge in [0.15, 0.2) is 6.61 Å². The zero-order valence-corrected chi connectivity index (χ0v) is 12.0. The fourth-order valence-electron chi connectivity index (χ4n) is 2.03. The third kappa shape index (κ3) is 4.65. The Morgan fingerprint density at radius 1 is 1.29 bits per heavy atom. The molecule has 0 saturated heterocycles. The van der Waals surface area contributed by atoms with Crippen molar-refractivity contribution in [1.82, 2.24) is 9.88 Å². The first kappa shape index (κ1) is 15.1. The lowest BCUT2D eigenvalue weighted by molar-refractivity contribution is -0.123. The molecule has 0 bridgehead atoms. The van der Waals surface area contributed by atoms with Gasteiger partial charge in [-0.1, -0.05) is 18.2 Å². The largest absolute Gasteiger partial charge is 0.484 e. The standard InChI is InChI=1S/C16H20N2O3/c1-18-11-5-8-14(18)15(19)9-10-17-16(20)12-21-13-6-3-2-4-7-13/h2-8,11,15,19H,9-10,12H2,1H3,(H,17,20)/t15-/m0/s1. The minimum absolute atomic E-state index is 0.0235. The van der Waals surface area contributed by atoms with Gasteiger partial charge in [0.25, 0.3) is 5.91 Å². The van der Waals surface area contributed by atoms with E-state index in [1.165, 1.54) is 0 Å². The summed E-state index contributed by atoms with van der Waals surface area (Å²) >= 11 is 0. The SMILES string of the molecule is Cn1cccc1[C@@H](O)CCNC(=O)COc1ccccc1.